The Morgan fingerprint density at radius 1 is 1.23 bits per heavy atom. The van der Waals surface area contributed by atoms with Crippen molar-refractivity contribution in [3.8, 4) is 11.1 Å². The van der Waals surface area contributed by atoms with E-state index in [1.807, 2.05) is 24.3 Å². The Morgan fingerprint density at radius 2 is 2.00 bits per heavy atom. The van der Waals surface area contributed by atoms with Gasteiger partial charge in [0.05, 0.1) is 25.3 Å². The number of amides is 2. The lowest BCUT2D eigenvalue weighted by Gasteiger charge is -2.15. The predicted octanol–water partition coefficient (Wildman–Crippen LogP) is 2.82. The highest BCUT2D eigenvalue weighted by molar-refractivity contribution is 5.90. The maximum absolute atomic E-state index is 14.8. The molecule has 0 saturated carbocycles. The van der Waals surface area contributed by atoms with Crippen LogP contribution >= 0.6 is 0 Å². The van der Waals surface area contributed by atoms with E-state index < -0.39 is 18.0 Å². The number of amidine groups is 1. The van der Waals surface area contributed by atoms with Crippen molar-refractivity contribution in [2.75, 3.05) is 24.5 Å². The lowest BCUT2D eigenvalue weighted by Crippen LogP contribution is -2.33. The average molecular weight is 424 g/mol. The molecule has 2 aliphatic heterocycles. The fourth-order valence-corrected chi connectivity index (χ4v) is 3.30. The molecule has 1 atom stereocenters. The third kappa shape index (κ3) is 4.92. The van der Waals surface area contributed by atoms with Crippen molar-refractivity contribution in [1.29, 1.82) is 0 Å². The van der Waals surface area contributed by atoms with Crippen LogP contribution in [0.1, 0.15) is 12.5 Å². The lowest BCUT2D eigenvalue weighted by atomic mass is 10.0. The van der Waals surface area contributed by atoms with Crippen LogP contribution in [0.4, 0.5) is 14.9 Å². The molecule has 2 amide bonds. The molecule has 0 aliphatic carbocycles. The first kappa shape index (κ1) is 20.6. The number of rotatable bonds is 8. The molecule has 0 aromatic heterocycles. The van der Waals surface area contributed by atoms with Crippen LogP contribution in [0.5, 0.6) is 0 Å². The van der Waals surface area contributed by atoms with Crippen LogP contribution in [0.15, 0.2) is 57.9 Å². The van der Waals surface area contributed by atoms with Crippen molar-refractivity contribution >= 4 is 23.5 Å². The normalized spacial score (nSPS) is 17.2. The molecule has 1 saturated heterocycles. The average Bonchev–Trinajstić information content (AvgIpc) is 3.09. The third-order valence-corrected chi connectivity index (χ3v) is 4.91. The van der Waals surface area contributed by atoms with Gasteiger partial charge in [-0.2, -0.15) is 0 Å². The summed E-state index contributed by atoms with van der Waals surface area (Å²) < 4.78 is 20.1. The van der Waals surface area contributed by atoms with Crippen molar-refractivity contribution < 1.29 is 18.7 Å². The highest BCUT2D eigenvalue weighted by Crippen LogP contribution is 2.29. The molecule has 10 heteroatoms. The van der Waals surface area contributed by atoms with Crippen molar-refractivity contribution in [1.82, 2.24) is 10.6 Å². The van der Waals surface area contributed by atoms with Crippen LogP contribution in [0.3, 0.4) is 0 Å². The molecule has 31 heavy (non-hydrogen) atoms. The Balaban J connectivity index is 1.39. The van der Waals surface area contributed by atoms with E-state index in [1.165, 1.54) is 17.9 Å². The standard InChI is InChI=1S/C21H21FN6O3/c1-13(29)24-10-17-12-28(21(30)31-17)16-6-7-18(19(22)8-16)15-4-2-14(3-5-15)9-23-11-20-25-27-26-20/h2-8,17,23H,9-12H2,1H3,(H,24,29)/t17-/m0/s1. The summed E-state index contributed by atoms with van der Waals surface area (Å²) in [6, 6.07) is 12.2. The Bertz CT molecular complexity index is 1050. The van der Waals surface area contributed by atoms with E-state index in [9.17, 15) is 14.0 Å². The smallest absolute Gasteiger partial charge is 0.414 e. The minimum absolute atomic E-state index is 0.203. The first-order valence-electron chi connectivity index (χ1n) is 9.79. The number of cyclic esters (lactones) is 1. The summed E-state index contributed by atoms with van der Waals surface area (Å²) in [7, 11) is 0. The molecular weight excluding hydrogens is 403 g/mol. The molecule has 2 heterocycles. The quantitative estimate of drug-likeness (QED) is 0.679. The fourth-order valence-electron chi connectivity index (χ4n) is 3.30. The summed E-state index contributed by atoms with van der Waals surface area (Å²) in [6.07, 6.45) is -1.03. The van der Waals surface area contributed by atoms with Gasteiger partial charge in [-0.3, -0.25) is 9.69 Å². The molecule has 0 radical (unpaired) electrons. The van der Waals surface area contributed by atoms with E-state index in [-0.39, 0.29) is 19.0 Å². The molecule has 2 aromatic rings. The molecule has 2 N–H and O–H groups in total. The molecule has 0 bridgehead atoms. The second kappa shape index (κ2) is 9.00. The Labute approximate surface area is 178 Å². The number of anilines is 1. The predicted molar refractivity (Wildman–Crippen MR) is 112 cm³/mol. The SMILES string of the molecule is CC(=O)NC[C@H]1CN(c2ccc(-c3ccc(CNCC4=NN=N4)cc3)c(F)c2)C(=O)O1. The van der Waals surface area contributed by atoms with Gasteiger partial charge >= 0.3 is 6.09 Å². The van der Waals surface area contributed by atoms with Crippen LogP contribution in [0.25, 0.3) is 11.1 Å². The van der Waals surface area contributed by atoms with Crippen molar-refractivity contribution in [3.05, 3.63) is 53.8 Å². The zero-order chi connectivity index (χ0) is 21.8. The maximum atomic E-state index is 14.8. The van der Waals surface area contributed by atoms with E-state index >= 15 is 0 Å². The Kier molecular flexibility index (Phi) is 5.99. The minimum Gasteiger partial charge on any atom is -0.442 e. The zero-order valence-corrected chi connectivity index (χ0v) is 16.8. The van der Waals surface area contributed by atoms with Crippen molar-refractivity contribution in [2.24, 2.45) is 15.4 Å². The van der Waals surface area contributed by atoms with Gasteiger partial charge < -0.3 is 15.4 Å². The van der Waals surface area contributed by atoms with Crippen LogP contribution in [0.2, 0.25) is 0 Å². The molecule has 9 nitrogen and oxygen atoms in total. The Morgan fingerprint density at radius 3 is 2.65 bits per heavy atom. The molecule has 4 rings (SSSR count). The van der Waals surface area contributed by atoms with Crippen LogP contribution in [0, 0.1) is 5.82 Å². The number of nitrogens with one attached hydrogen (secondary N) is 2. The van der Waals surface area contributed by atoms with Gasteiger partial charge in [-0.1, -0.05) is 24.3 Å². The monoisotopic (exact) mass is 424 g/mol. The number of nitrogens with zero attached hydrogens (tertiary/aromatic N) is 4. The van der Waals surface area contributed by atoms with Crippen LogP contribution in [-0.2, 0) is 16.1 Å². The number of hydrogen-bond donors (Lipinski definition) is 2. The number of ether oxygens (including phenoxy) is 1. The second-order valence-corrected chi connectivity index (χ2v) is 7.22. The summed E-state index contributed by atoms with van der Waals surface area (Å²) >= 11 is 0. The summed E-state index contributed by atoms with van der Waals surface area (Å²) in [5.74, 6) is 0.0304. The molecule has 0 spiro atoms. The molecule has 160 valence electrons. The summed E-state index contributed by atoms with van der Waals surface area (Å²) in [5, 5.41) is 16.7. The minimum atomic E-state index is -0.561. The van der Waals surface area contributed by atoms with Gasteiger partial charge in [0.2, 0.25) is 5.91 Å². The third-order valence-electron chi connectivity index (χ3n) is 4.91. The number of carbonyl (C=O) groups excluding carboxylic acids is 2. The molecule has 2 aromatic carbocycles. The highest BCUT2D eigenvalue weighted by atomic mass is 19.1. The highest BCUT2D eigenvalue weighted by Gasteiger charge is 2.32. The first-order valence-corrected chi connectivity index (χ1v) is 9.79. The second-order valence-electron chi connectivity index (χ2n) is 7.22. The number of hydrogen-bond acceptors (Lipinski definition) is 7. The van der Waals surface area contributed by atoms with E-state index in [1.54, 1.807) is 12.1 Å². The van der Waals surface area contributed by atoms with Crippen LogP contribution in [-0.4, -0.2) is 43.6 Å². The van der Waals surface area contributed by atoms with Gasteiger partial charge in [0.25, 0.3) is 0 Å². The zero-order valence-electron chi connectivity index (χ0n) is 16.8. The molecule has 2 aliphatic rings. The number of benzene rings is 2. The summed E-state index contributed by atoms with van der Waals surface area (Å²) in [4.78, 5) is 24.5. The van der Waals surface area contributed by atoms with E-state index in [2.05, 4.69) is 26.1 Å². The maximum Gasteiger partial charge on any atom is 0.414 e. The van der Waals surface area contributed by atoms with Gasteiger partial charge in [0, 0.05) is 19.0 Å². The van der Waals surface area contributed by atoms with Crippen molar-refractivity contribution in [2.45, 2.75) is 19.6 Å². The van der Waals surface area contributed by atoms with E-state index in [4.69, 9.17) is 4.74 Å². The number of halogens is 1. The van der Waals surface area contributed by atoms with E-state index in [0.29, 0.717) is 30.2 Å². The van der Waals surface area contributed by atoms with Gasteiger partial charge in [-0.15, -0.1) is 10.2 Å². The van der Waals surface area contributed by atoms with Gasteiger partial charge in [-0.25, -0.2) is 9.18 Å². The molecule has 0 unspecified atom stereocenters. The topological polar surface area (TPSA) is 108 Å². The number of carbonyl (C=O) groups is 2. The Hall–Kier alpha value is -3.66. The first-order chi connectivity index (χ1) is 15.0. The summed E-state index contributed by atoms with van der Waals surface area (Å²) in [5.41, 5.74) is 2.63. The lowest BCUT2D eigenvalue weighted by molar-refractivity contribution is -0.119. The molecular formula is C21H21FN6O3. The van der Waals surface area contributed by atoms with Gasteiger partial charge in [0.15, 0.2) is 5.84 Å². The van der Waals surface area contributed by atoms with Crippen molar-refractivity contribution in [3.63, 3.8) is 0 Å². The largest absolute Gasteiger partial charge is 0.442 e. The van der Waals surface area contributed by atoms with Gasteiger partial charge in [-0.05, 0) is 34.5 Å². The fraction of sp³-hybridized carbons (Fsp3) is 0.286. The molecule has 1 fully saturated rings. The van der Waals surface area contributed by atoms with E-state index in [0.717, 1.165) is 11.1 Å². The van der Waals surface area contributed by atoms with Gasteiger partial charge in [0.1, 0.15) is 11.9 Å². The summed E-state index contributed by atoms with van der Waals surface area (Å²) in [6.45, 7) is 3.03. The van der Waals surface area contributed by atoms with Crippen LogP contribution < -0.4 is 15.5 Å².